The first-order valence-electron chi connectivity index (χ1n) is 5.57. The van der Waals surface area contributed by atoms with Gasteiger partial charge in [0.1, 0.15) is 0 Å². The molecule has 0 bridgehead atoms. The number of rotatable bonds is 2. The van der Waals surface area contributed by atoms with Crippen molar-refractivity contribution in [3.05, 3.63) is 30.6 Å². The normalized spacial score (nSPS) is 21.2. The summed E-state index contributed by atoms with van der Waals surface area (Å²) in [4.78, 5) is 4.34. The minimum Gasteiger partial charge on any atom is -0.345 e. The summed E-state index contributed by atoms with van der Waals surface area (Å²) in [5, 5.41) is 3.52. The van der Waals surface area contributed by atoms with E-state index in [0.717, 1.165) is 12.1 Å². The van der Waals surface area contributed by atoms with Crippen molar-refractivity contribution in [2.45, 2.75) is 25.4 Å². The van der Waals surface area contributed by atoms with E-state index in [4.69, 9.17) is 0 Å². The number of fused-ring (bicyclic) bond motifs is 1. The molecule has 0 saturated carbocycles. The van der Waals surface area contributed by atoms with Crippen LogP contribution in [0.15, 0.2) is 30.6 Å². The van der Waals surface area contributed by atoms with Gasteiger partial charge in [-0.3, -0.25) is 4.98 Å². The Labute approximate surface area is 89.1 Å². The largest absolute Gasteiger partial charge is 0.345 e. The second-order valence-electron chi connectivity index (χ2n) is 4.17. The number of aromatic nitrogens is 2. The SMILES string of the molecule is c1cnc2ccn(C[C@H]3CCCN3)c2c1. The third kappa shape index (κ3) is 1.63. The highest BCUT2D eigenvalue weighted by atomic mass is 15.0. The maximum atomic E-state index is 4.34. The Balaban J connectivity index is 1.90. The molecule has 15 heavy (non-hydrogen) atoms. The molecule has 1 atom stereocenters. The molecule has 2 aromatic heterocycles. The molecule has 3 rings (SSSR count). The molecule has 0 radical (unpaired) electrons. The van der Waals surface area contributed by atoms with Gasteiger partial charge in [0.25, 0.3) is 0 Å². The van der Waals surface area contributed by atoms with Crippen molar-refractivity contribution >= 4 is 11.0 Å². The van der Waals surface area contributed by atoms with Gasteiger partial charge in [-0.25, -0.2) is 0 Å². The van der Waals surface area contributed by atoms with E-state index in [2.05, 4.69) is 33.2 Å². The third-order valence-electron chi connectivity index (χ3n) is 3.12. The first-order chi connectivity index (χ1) is 7.43. The number of hydrogen-bond donors (Lipinski definition) is 1. The van der Waals surface area contributed by atoms with Gasteiger partial charge in [-0.2, -0.15) is 0 Å². The first-order valence-corrected chi connectivity index (χ1v) is 5.57. The Morgan fingerprint density at radius 1 is 1.47 bits per heavy atom. The van der Waals surface area contributed by atoms with E-state index in [1.165, 1.54) is 24.9 Å². The monoisotopic (exact) mass is 201 g/mol. The lowest BCUT2D eigenvalue weighted by Gasteiger charge is -2.12. The molecule has 0 aromatic carbocycles. The minimum atomic E-state index is 0.640. The maximum absolute atomic E-state index is 4.34. The van der Waals surface area contributed by atoms with E-state index in [0.29, 0.717) is 6.04 Å². The summed E-state index contributed by atoms with van der Waals surface area (Å²) in [7, 11) is 0. The van der Waals surface area contributed by atoms with Crippen LogP contribution < -0.4 is 5.32 Å². The van der Waals surface area contributed by atoms with E-state index in [1.54, 1.807) is 0 Å². The maximum Gasteiger partial charge on any atom is 0.0880 e. The Bertz CT molecular complexity index is 455. The lowest BCUT2D eigenvalue weighted by atomic mass is 10.2. The van der Waals surface area contributed by atoms with Gasteiger partial charge in [0.15, 0.2) is 0 Å². The highest BCUT2D eigenvalue weighted by Crippen LogP contribution is 2.15. The molecular formula is C12H15N3. The fourth-order valence-corrected chi connectivity index (χ4v) is 2.33. The number of hydrogen-bond acceptors (Lipinski definition) is 2. The van der Waals surface area contributed by atoms with Crippen LogP contribution in [0.4, 0.5) is 0 Å². The van der Waals surface area contributed by atoms with E-state index < -0.39 is 0 Å². The third-order valence-corrected chi connectivity index (χ3v) is 3.12. The smallest absolute Gasteiger partial charge is 0.0880 e. The highest BCUT2D eigenvalue weighted by molar-refractivity contribution is 5.75. The topological polar surface area (TPSA) is 29.9 Å². The molecule has 3 nitrogen and oxygen atoms in total. The van der Waals surface area contributed by atoms with Crippen molar-refractivity contribution in [2.75, 3.05) is 6.54 Å². The van der Waals surface area contributed by atoms with Crippen LogP contribution in [-0.2, 0) is 6.54 Å². The van der Waals surface area contributed by atoms with Crippen LogP contribution in [0.5, 0.6) is 0 Å². The Hall–Kier alpha value is -1.35. The van der Waals surface area contributed by atoms with E-state index >= 15 is 0 Å². The molecule has 1 fully saturated rings. The standard InChI is InChI=1S/C12H15N3/c1-3-10(13-6-1)9-15-8-5-11-12(15)4-2-7-14-11/h2,4-5,7-8,10,13H,1,3,6,9H2/t10-/m1/s1. The summed E-state index contributed by atoms with van der Waals surface area (Å²) in [6.45, 7) is 2.23. The number of pyridine rings is 1. The summed E-state index contributed by atoms with van der Waals surface area (Å²) in [5.41, 5.74) is 2.33. The lowest BCUT2D eigenvalue weighted by Crippen LogP contribution is -2.26. The zero-order valence-corrected chi connectivity index (χ0v) is 8.69. The molecule has 0 spiro atoms. The van der Waals surface area contributed by atoms with Crippen LogP contribution in [0.1, 0.15) is 12.8 Å². The van der Waals surface area contributed by atoms with Crippen molar-refractivity contribution in [1.29, 1.82) is 0 Å². The molecule has 3 heteroatoms. The fraction of sp³-hybridized carbons (Fsp3) is 0.417. The molecule has 3 heterocycles. The van der Waals surface area contributed by atoms with Crippen molar-refractivity contribution in [3.8, 4) is 0 Å². The van der Waals surface area contributed by atoms with Crippen molar-refractivity contribution < 1.29 is 0 Å². The molecule has 2 aromatic rings. The predicted octanol–water partition coefficient (Wildman–Crippen LogP) is 1.79. The minimum absolute atomic E-state index is 0.640. The summed E-state index contributed by atoms with van der Waals surface area (Å²) < 4.78 is 2.30. The van der Waals surface area contributed by atoms with Crippen LogP contribution in [-0.4, -0.2) is 22.1 Å². The number of nitrogens with zero attached hydrogens (tertiary/aromatic N) is 2. The molecular weight excluding hydrogens is 186 g/mol. The summed E-state index contributed by atoms with van der Waals surface area (Å²) in [5.74, 6) is 0. The van der Waals surface area contributed by atoms with Crippen LogP contribution in [0, 0.1) is 0 Å². The Morgan fingerprint density at radius 3 is 3.33 bits per heavy atom. The summed E-state index contributed by atoms with van der Waals surface area (Å²) in [6, 6.07) is 6.86. The van der Waals surface area contributed by atoms with Crippen LogP contribution >= 0.6 is 0 Å². The van der Waals surface area contributed by atoms with Gasteiger partial charge in [0.2, 0.25) is 0 Å². The predicted molar refractivity (Wildman–Crippen MR) is 60.8 cm³/mol. The van der Waals surface area contributed by atoms with Gasteiger partial charge >= 0.3 is 0 Å². The highest BCUT2D eigenvalue weighted by Gasteiger charge is 2.14. The molecule has 0 amide bonds. The Kier molecular flexibility index (Phi) is 2.18. The van der Waals surface area contributed by atoms with Gasteiger partial charge < -0.3 is 9.88 Å². The average Bonchev–Trinajstić information content (AvgIpc) is 2.89. The van der Waals surface area contributed by atoms with Gasteiger partial charge in [-0.1, -0.05) is 0 Å². The Morgan fingerprint density at radius 2 is 2.47 bits per heavy atom. The average molecular weight is 201 g/mol. The van der Waals surface area contributed by atoms with Gasteiger partial charge in [-0.05, 0) is 37.6 Å². The molecule has 1 aliphatic rings. The molecule has 1 N–H and O–H groups in total. The molecule has 1 aliphatic heterocycles. The second-order valence-corrected chi connectivity index (χ2v) is 4.17. The zero-order chi connectivity index (χ0) is 10.1. The second kappa shape index (κ2) is 3.66. The summed E-state index contributed by atoms with van der Waals surface area (Å²) >= 11 is 0. The molecule has 0 aliphatic carbocycles. The van der Waals surface area contributed by atoms with Crippen LogP contribution in [0.3, 0.4) is 0 Å². The summed E-state index contributed by atoms with van der Waals surface area (Å²) in [6.07, 6.45) is 6.58. The van der Waals surface area contributed by atoms with Gasteiger partial charge in [0, 0.05) is 25.0 Å². The fourth-order valence-electron chi connectivity index (χ4n) is 2.33. The van der Waals surface area contributed by atoms with Crippen molar-refractivity contribution in [1.82, 2.24) is 14.9 Å². The van der Waals surface area contributed by atoms with Crippen molar-refractivity contribution in [3.63, 3.8) is 0 Å². The number of nitrogens with one attached hydrogen (secondary N) is 1. The lowest BCUT2D eigenvalue weighted by molar-refractivity contribution is 0.519. The molecule has 0 unspecified atom stereocenters. The molecule has 78 valence electrons. The van der Waals surface area contributed by atoms with Gasteiger partial charge in [-0.15, -0.1) is 0 Å². The van der Waals surface area contributed by atoms with Crippen molar-refractivity contribution in [2.24, 2.45) is 0 Å². The quantitative estimate of drug-likeness (QED) is 0.802. The van der Waals surface area contributed by atoms with Crippen LogP contribution in [0.25, 0.3) is 11.0 Å². The first kappa shape index (κ1) is 8.92. The van der Waals surface area contributed by atoms with Crippen LogP contribution in [0.2, 0.25) is 0 Å². The van der Waals surface area contributed by atoms with E-state index in [-0.39, 0.29) is 0 Å². The van der Waals surface area contributed by atoms with Gasteiger partial charge in [0.05, 0.1) is 11.0 Å². The molecule has 1 saturated heterocycles. The van der Waals surface area contributed by atoms with E-state index in [9.17, 15) is 0 Å². The van der Waals surface area contributed by atoms with E-state index in [1.807, 2.05) is 12.3 Å². The zero-order valence-electron chi connectivity index (χ0n) is 8.69.